The number of pyridine rings is 1. The first kappa shape index (κ1) is 10.9. The Balaban J connectivity index is 2.24. The van der Waals surface area contributed by atoms with Gasteiger partial charge in [0.05, 0.1) is 11.7 Å². The first-order chi connectivity index (χ1) is 8.66. The molecule has 90 valence electrons. The zero-order valence-electron chi connectivity index (χ0n) is 9.49. The van der Waals surface area contributed by atoms with E-state index in [1.54, 1.807) is 24.5 Å². The van der Waals surface area contributed by atoms with Crippen molar-refractivity contribution in [3.8, 4) is 5.00 Å². The van der Waals surface area contributed by atoms with Crippen LogP contribution in [-0.2, 0) is 0 Å². The van der Waals surface area contributed by atoms with E-state index in [1.807, 2.05) is 17.6 Å². The molecule has 0 aliphatic rings. The van der Waals surface area contributed by atoms with Crippen molar-refractivity contribution in [2.24, 2.45) is 0 Å². The van der Waals surface area contributed by atoms with Gasteiger partial charge in [-0.2, -0.15) is 0 Å². The molecule has 0 spiro atoms. The van der Waals surface area contributed by atoms with Crippen molar-refractivity contribution >= 4 is 28.3 Å². The number of aryl methyl sites for hydroxylation is 1. The second-order valence-corrected chi connectivity index (χ2v) is 4.86. The van der Waals surface area contributed by atoms with Crippen LogP contribution in [0.25, 0.3) is 16.0 Å². The molecule has 18 heavy (non-hydrogen) atoms. The number of thiophene rings is 1. The van der Waals surface area contributed by atoms with Crippen LogP contribution in [0.2, 0.25) is 0 Å². The molecule has 0 amide bonds. The number of carboxylic acids is 1. The number of fused-ring (bicyclic) bond motifs is 1. The Morgan fingerprint density at radius 2 is 2.22 bits per heavy atom. The molecule has 3 aromatic heterocycles. The lowest BCUT2D eigenvalue weighted by molar-refractivity contribution is 0.0702. The van der Waals surface area contributed by atoms with Gasteiger partial charge in [0.15, 0.2) is 0 Å². The molecule has 3 aromatic rings. The summed E-state index contributed by atoms with van der Waals surface area (Å²) in [5.41, 5.74) is 1.74. The lowest BCUT2D eigenvalue weighted by atomic mass is 10.4. The molecule has 0 radical (unpaired) electrons. The van der Waals surface area contributed by atoms with Gasteiger partial charge >= 0.3 is 5.97 Å². The highest BCUT2D eigenvalue weighted by atomic mass is 32.1. The summed E-state index contributed by atoms with van der Waals surface area (Å²) in [5.74, 6) is -0.0909. The summed E-state index contributed by atoms with van der Waals surface area (Å²) in [4.78, 5) is 19.7. The highest BCUT2D eigenvalue weighted by Gasteiger charge is 2.13. The number of hydrogen-bond donors (Lipinski definition) is 1. The molecule has 0 unspecified atom stereocenters. The molecule has 0 saturated carbocycles. The predicted molar refractivity (Wildman–Crippen MR) is 68.4 cm³/mol. The smallest absolute Gasteiger partial charge is 0.345 e. The van der Waals surface area contributed by atoms with E-state index in [0.717, 1.165) is 21.9 Å². The molecule has 0 saturated heterocycles. The predicted octanol–water partition coefficient (Wildman–Crippen LogP) is 2.49. The van der Waals surface area contributed by atoms with Crippen LogP contribution in [0.15, 0.2) is 30.6 Å². The number of carboxylic acid groups (broad SMARTS) is 1. The monoisotopic (exact) mass is 259 g/mol. The first-order valence-corrected chi connectivity index (χ1v) is 6.11. The Kier molecular flexibility index (Phi) is 2.38. The Hall–Kier alpha value is -2.21. The van der Waals surface area contributed by atoms with Crippen molar-refractivity contribution in [3.05, 3.63) is 41.3 Å². The second-order valence-electron chi connectivity index (χ2n) is 3.80. The van der Waals surface area contributed by atoms with Crippen LogP contribution in [0.5, 0.6) is 0 Å². The van der Waals surface area contributed by atoms with E-state index in [9.17, 15) is 4.79 Å². The molecular formula is C12H9N3O2S. The maximum Gasteiger partial charge on any atom is 0.345 e. The summed E-state index contributed by atoms with van der Waals surface area (Å²) in [7, 11) is 0. The minimum absolute atomic E-state index is 0.320. The number of nitrogens with zero attached hydrogens (tertiary/aromatic N) is 3. The first-order valence-electron chi connectivity index (χ1n) is 5.29. The third-order valence-electron chi connectivity index (χ3n) is 2.65. The van der Waals surface area contributed by atoms with Crippen molar-refractivity contribution in [1.82, 2.24) is 14.5 Å². The summed E-state index contributed by atoms with van der Waals surface area (Å²) < 4.78 is 1.94. The zero-order chi connectivity index (χ0) is 12.7. The van der Waals surface area contributed by atoms with E-state index in [2.05, 4.69) is 9.97 Å². The molecule has 0 aliphatic heterocycles. The van der Waals surface area contributed by atoms with Crippen LogP contribution in [0.3, 0.4) is 0 Å². The number of aromatic nitrogens is 3. The Bertz CT molecular complexity index is 745. The average molecular weight is 259 g/mol. The molecule has 6 heteroatoms. The fraction of sp³-hybridized carbons (Fsp3) is 0.0833. The Morgan fingerprint density at radius 1 is 1.39 bits per heavy atom. The second kappa shape index (κ2) is 3.92. The number of carbonyl (C=O) groups is 1. The third kappa shape index (κ3) is 1.58. The van der Waals surface area contributed by atoms with Gasteiger partial charge in [-0.15, -0.1) is 11.3 Å². The number of hydrogen-bond acceptors (Lipinski definition) is 4. The van der Waals surface area contributed by atoms with Crippen molar-refractivity contribution in [2.75, 3.05) is 0 Å². The van der Waals surface area contributed by atoms with E-state index in [4.69, 9.17) is 5.11 Å². The highest BCUT2D eigenvalue weighted by Crippen LogP contribution is 2.26. The van der Waals surface area contributed by atoms with Gasteiger partial charge in [-0.05, 0) is 25.1 Å². The normalized spacial score (nSPS) is 10.9. The average Bonchev–Trinajstić information content (AvgIpc) is 2.91. The minimum atomic E-state index is -0.907. The zero-order valence-corrected chi connectivity index (χ0v) is 10.3. The van der Waals surface area contributed by atoms with Crippen LogP contribution in [0.1, 0.15) is 15.5 Å². The summed E-state index contributed by atoms with van der Waals surface area (Å²) in [6, 6.07) is 5.27. The summed E-state index contributed by atoms with van der Waals surface area (Å²) in [6.45, 7) is 1.89. The lowest BCUT2D eigenvalue weighted by Crippen LogP contribution is -1.93. The van der Waals surface area contributed by atoms with E-state index in [0.29, 0.717) is 4.88 Å². The maximum atomic E-state index is 10.9. The number of imidazole rings is 1. The molecule has 0 atom stereocenters. The minimum Gasteiger partial charge on any atom is -0.477 e. The van der Waals surface area contributed by atoms with Gasteiger partial charge in [-0.3, -0.25) is 9.55 Å². The van der Waals surface area contributed by atoms with Gasteiger partial charge in [0, 0.05) is 6.20 Å². The van der Waals surface area contributed by atoms with Crippen LogP contribution >= 0.6 is 11.3 Å². The molecular weight excluding hydrogens is 250 g/mol. The van der Waals surface area contributed by atoms with Crippen molar-refractivity contribution < 1.29 is 9.90 Å². The largest absolute Gasteiger partial charge is 0.477 e. The molecule has 0 fully saturated rings. The molecule has 0 bridgehead atoms. The number of aromatic carboxylic acids is 1. The van der Waals surface area contributed by atoms with Gasteiger partial charge in [-0.1, -0.05) is 0 Å². The van der Waals surface area contributed by atoms with E-state index in [1.165, 1.54) is 11.3 Å². The van der Waals surface area contributed by atoms with Crippen LogP contribution in [-0.4, -0.2) is 25.6 Å². The summed E-state index contributed by atoms with van der Waals surface area (Å²) in [5, 5.41) is 9.80. The SMILES string of the molecule is Cc1nc2cnccc2n1-c1ccc(C(=O)O)s1. The Morgan fingerprint density at radius 3 is 2.94 bits per heavy atom. The van der Waals surface area contributed by atoms with Crippen LogP contribution < -0.4 is 0 Å². The van der Waals surface area contributed by atoms with Gasteiger partial charge in [0.25, 0.3) is 0 Å². The van der Waals surface area contributed by atoms with Gasteiger partial charge < -0.3 is 5.11 Å². The highest BCUT2D eigenvalue weighted by molar-refractivity contribution is 7.16. The van der Waals surface area contributed by atoms with E-state index in [-0.39, 0.29) is 0 Å². The van der Waals surface area contributed by atoms with Crippen molar-refractivity contribution in [3.63, 3.8) is 0 Å². The molecule has 3 heterocycles. The maximum absolute atomic E-state index is 10.9. The number of rotatable bonds is 2. The Labute approximate surface area is 106 Å². The lowest BCUT2D eigenvalue weighted by Gasteiger charge is -2.02. The van der Waals surface area contributed by atoms with Crippen LogP contribution in [0.4, 0.5) is 0 Å². The van der Waals surface area contributed by atoms with Gasteiger partial charge in [-0.25, -0.2) is 9.78 Å². The molecule has 0 aliphatic carbocycles. The standard InChI is InChI=1S/C12H9N3O2S/c1-7-14-8-6-13-5-4-9(8)15(7)11-3-2-10(18-11)12(16)17/h2-6H,1H3,(H,16,17). The quantitative estimate of drug-likeness (QED) is 0.767. The molecule has 5 nitrogen and oxygen atoms in total. The molecule has 0 aromatic carbocycles. The molecule has 3 rings (SSSR count). The van der Waals surface area contributed by atoms with Gasteiger partial charge in [0.1, 0.15) is 21.2 Å². The third-order valence-corrected chi connectivity index (χ3v) is 3.71. The van der Waals surface area contributed by atoms with Crippen molar-refractivity contribution in [1.29, 1.82) is 0 Å². The topological polar surface area (TPSA) is 68.0 Å². The van der Waals surface area contributed by atoms with Crippen molar-refractivity contribution in [2.45, 2.75) is 6.92 Å². The summed E-state index contributed by atoms with van der Waals surface area (Å²) in [6.07, 6.45) is 3.40. The summed E-state index contributed by atoms with van der Waals surface area (Å²) >= 11 is 1.23. The fourth-order valence-electron chi connectivity index (χ4n) is 1.89. The van der Waals surface area contributed by atoms with Gasteiger partial charge in [0.2, 0.25) is 0 Å². The van der Waals surface area contributed by atoms with Crippen LogP contribution in [0, 0.1) is 6.92 Å². The van der Waals surface area contributed by atoms with E-state index < -0.39 is 5.97 Å². The molecule has 1 N–H and O–H groups in total. The van der Waals surface area contributed by atoms with E-state index >= 15 is 0 Å². The fourth-order valence-corrected chi connectivity index (χ4v) is 2.80.